The molecule has 0 aromatic heterocycles. The monoisotopic (exact) mass is 301 g/mol. The van der Waals surface area contributed by atoms with Gasteiger partial charge in [-0.3, -0.25) is 4.79 Å². The summed E-state index contributed by atoms with van der Waals surface area (Å²) in [6.45, 7) is 3.66. The van der Waals surface area contributed by atoms with E-state index in [4.69, 9.17) is 16.3 Å². The summed E-state index contributed by atoms with van der Waals surface area (Å²) in [6, 6.07) is 13.5. The summed E-state index contributed by atoms with van der Waals surface area (Å²) in [5.41, 5.74) is 2.71. The molecule has 0 fully saturated rings. The van der Waals surface area contributed by atoms with E-state index in [1.54, 1.807) is 13.0 Å². The molecule has 1 aliphatic heterocycles. The Bertz CT molecular complexity index is 684. The number of ether oxygens (including phenoxy) is 1. The zero-order chi connectivity index (χ0) is 14.8. The van der Waals surface area contributed by atoms with Crippen LogP contribution in [0.15, 0.2) is 42.5 Å². The number of halogens is 1. The average molecular weight is 302 g/mol. The number of fused-ring (bicyclic) bond motifs is 1. The van der Waals surface area contributed by atoms with E-state index in [0.29, 0.717) is 17.2 Å². The highest BCUT2D eigenvalue weighted by Gasteiger charge is 2.17. The minimum absolute atomic E-state index is 0.0213. The smallest absolute Gasteiger partial charge is 0.159 e. The molecule has 1 aliphatic rings. The molecule has 0 aliphatic carbocycles. The second-order valence-corrected chi connectivity index (χ2v) is 5.51. The quantitative estimate of drug-likeness (QED) is 0.787. The number of hydrogen-bond acceptors (Lipinski definition) is 3. The second kappa shape index (κ2) is 5.78. The van der Waals surface area contributed by atoms with Gasteiger partial charge in [0, 0.05) is 17.7 Å². The number of nitrogens with zero attached hydrogens (tertiary/aromatic N) is 1. The maximum Gasteiger partial charge on any atom is 0.159 e. The highest BCUT2D eigenvalue weighted by atomic mass is 35.5. The summed E-state index contributed by atoms with van der Waals surface area (Å²) in [7, 11) is 0. The molecular weight excluding hydrogens is 286 g/mol. The van der Waals surface area contributed by atoms with E-state index in [1.807, 2.05) is 30.3 Å². The van der Waals surface area contributed by atoms with Crippen LogP contribution in [-0.4, -0.2) is 18.9 Å². The molecule has 4 heteroatoms. The first-order valence-corrected chi connectivity index (χ1v) is 7.29. The number of carbonyl (C=O) groups excluding carboxylic acids is 1. The Morgan fingerprint density at radius 1 is 1.24 bits per heavy atom. The minimum atomic E-state index is 0.0213. The van der Waals surface area contributed by atoms with Crippen LogP contribution < -0.4 is 9.64 Å². The van der Waals surface area contributed by atoms with Gasteiger partial charge in [-0.05, 0) is 31.2 Å². The summed E-state index contributed by atoms with van der Waals surface area (Å²) in [5, 5.41) is 0.599. The summed E-state index contributed by atoms with van der Waals surface area (Å²) in [4.78, 5) is 13.6. The van der Waals surface area contributed by atoms with E-state index in [1.165, 1.54) is 0 Å². The van der Waals surface area contributed by atoms with Crippen LogP contribution in [0.4, 0.5) is 5.69 Å². The highest BCUT2D eigenvalue weighted by Crippen LogP contribution is 2.31. The number of ketones is 1. The fraction of sp³-hybridized carbons (Fsp3) is 0.235. The normalized spacial score (nSPS) is 14.1. The molecule has 1 heterocycles. The van der Waals surface area contributed by atoms with E-state index >= 15 is 0 Å². The van der Waals surface area contributed by atoms with Gasteiger partial charge in [-0.2, -0.15) is 0 Å². The fourth-order valence-electron chi connectivity index (χ4n) is 2.51. The zero-order valence-corrected chi connectivity index (χ0v) is 12.6. The van der Waals surface area contributed by atoms with Crippen LogP contribution in [0, 0.1) is 0 Å². The number of benzene rings is 2. The van der Waals surface area contributed by atoms with Gasteiger partial charge in [0.25, 0.3) is 0 Å². The molecule has 0 atom stereocenters. The number of hydrogen-bond donors (Lipinski definition) is 0. The molecule has 0 amide bonds. The highest BCUT2D eigenvalue weighted by molar-refractivity contribution is 6.33. The first-order valence-electron chi connectivity index (χ1n) is 6.91. The summed E-state index contributed by atoms with van der Waals surface area (Å²) in [6.07, 6.45) is 0. The first kappa shape index (κ1) is 14.0. The number of rotatable bonds is 2. The molecule has 108 valence electrons. The maximum absolute atomic E-state index is 11.4. The lowest BCUT2D eigenvalue weighted by Crippen LogP contribution is -2.25. The number of para-hydroxylation sites is 1. The van der Waals surface area contributed by atoms with E-state index in [9.17, 15) is 4.79 Å². The molecule has 0 N–H and O–H groups in total. The lowest BCUT2D eigenvalue weighted by Gasteiger charge is -2.23. The lowest BCUT2D eigenvalue weighted by atomic mass is 10.1. The van der Waals surface area contributed by atoms with Crippen molar-refractivity contribution in [3.05, 3.63) is 58.6 Å². The molecule has 2 aromatic rings. The van der Waals surface area contributed by atoms with Gasteiger partial charge in [0.05, 0.1) is 17.3 Å². The molecule has 3 rings (SSSR count). The van der Waals surface area contributed by atoms with Crippen molar-refractivity contribution in [1.29, 1.82) is 0 Å². The van der Waals surface area contributed by atoms with Crippen molar-refractivity contribution in [3.8, 4) is 5.75 Å². The number of anilines is 1. The minimum Gasteiger partial charge on any atom is -0.491 e. The topological polar surface area (TPSA) is 29.5 Å². The van der Waals surface area contributed by atoms with Crippen molar-refractivity contribution in [2.45, 2.75) is 13.5 Å². The summed E-state index contributed by atoms with van der Waals surface area (Å²) < 4.78 is 5.76. The van der Waals surface area contributed by atoms with Crippen molar-refractivity contribution in [1.82, 2.24) is 0 Å². The molecule has 0 unspecified atom stereocenters. The molecule has 0 spiro atoms. The van der Waals surface area contributed by atoms with Gasteiger partial charge in [-0.15, -0.1) is 0 Å². The SMILES string of the molecule is CC(=O)c1ccc(N2CCOc3ccccc3C2)c(Cl)c1. The molecule has 0 saturated heterocycles. The molecule has 2 aromatic carbocycles. The largest absolute Gasteiger partial charge is 0.491 e. The molecule has 21 heavy (non-hydrogen) atoms. The van der Waals surface area contributed by atoms with Crippen LogP contribution in [0.5, 0.6) is 5.75 Å². The Kier molecular flexibility index (Phi) is 3.84. The van der Waals surface area contributed by atoms with Crippen LogP contribution in [0.2, 0.25) is 5.02 Å². The predicted molar refractivity (Wildman–Crippen MR) is 84.4 cm³/mol. The van der Waals surface area contributed by atoms with Gasteiger partial charge in [0.2, 0.25) is 0 Å². The number of Topliss-reactive ketones (excluding diaryl/α,β-unsaturated/α-hetero) is 1. The Morgan fingerprint density at radius 3 is 2.81 bits per heavy atom. The van der Waals surface area contributed by atoms with Crippen LogP contribution in [-0.2, 0) is 6.54 Å². The van der Waals surface area contributed by atoms with Crippen molar-refractivity contribution in [2.75, 3.05) is 18.1 Å². The summed E-state index contributed by atoms with van der Waals surface area (Å²) >= 11 is 6.35. The standard InChI is InChI=1S/C17H16ClNO2/c1-12(20)13-6-7-16(15(18)10-13)19-8-9-21-17-5-3-2-4-14(17)11-19/h2-7,10H,8-9,11H2,1H3. The predicted octanol–water partition coefficient (Wildman–Crippen LogP) is 3.94. The van der Waals surface area contributed by atoms with E-state index in [0.717, 1.165) is 30.1 Å². The molecule has 3 nitrogen and oxygen atoms in total. The van der Waals surface area contributed by atoms with Crippen molar-refractivity contribution >= 4 is 23.1 Å². The van der Waals surface area contributed by atoms with E-state index < -0.39 is 0 Å². The molecule has 0 bridgehead atoms. The fourth-order valence-corrected chi connectivity index (χ4v) is 2.81. The van der Waals surface area contributed by atoms with Gasteiger partial charge in [0.15, 0.2) is 5.78 Å². The molecule has 0 radical (unpaired) electrons. The van der Waals surface area contributed by atoms with E-state index in [-0.39, 0.29) is 5.78 Å². The van der Waals surface area contributed by atoms with Crippen molar-refractivity contribution in [3.63, 3.8) is 0 Å². The third-order valence-corrected chi connectivity index (χ3v) is 3.95. The Balaban J connectivity index is 1.92. The number of carbonyl (C=O) groups is 1. The lowest BCUT2D eigenvalue weighted by molar-refractivity contribution is 0.101. The van der Waals surface area contributed by atoms with Gasteiger partial charge in [-0.1, -0.05) is 29.8 Å². The van der Waals surface area contributed by atoms with Gasteiger partial charge in [0.1, 0.15) is 12.4 Å². The van der Waals surface area contributed by atoms with Crippen LogP contribution in [0.3, 0.4) is 0 Å². The van der Waals surface area contributed by atoms with Crippen LogP contribution in [0.25, 0.3) is 0 Å². The first-order chi connectivity index (χ1) is 10.1. The second-order valence-electron chi connectivity index (χ2n) is 5.10. The zero-order valence-electron chi connectivity index (χ0n) is 11.8. The van der Waals surface area contributed by atoms with E-state index in [2.05, 4.69) is 11.0 Å². The van der Waals surface area contributed by atoms with Crippen LogP contribution >= 0.6 is 11.6 Å². The molecular formula is C17H16ClNO2. The Morgan fingerprint density at radius 2 is 2.05 bits per heavy atom. The van der Waals surface area contributed by atoms with Gasteiger partial charge >= 0.3 is 0 Å². The Labute approximate surface area is 129 Å². The van der Waals surface area contributed by atoms with Crippen molar-refractivity contribution in [2.24, 2.45) is 0 Å². The third kappa shape index (κ3) is 2.88. The average Bonchev–Trinajstić information content (AvgIpc) is 2.69. The third-order valence-electron chi connectivity index (χ3n) is 3.65. The summed E-state index contributed by atoms with van der Waals surface area (Å²) in [5.74, 6) is 0.949. The maximum atomic E-state index is 11.4. The van der Waals surface area contributed by atoms with Crippen molar-refractivity contribution < 1.29 is 9.53 Å². The molecule has 0 saturated carbocycles. The van der Waals surface area contributed by atoms with Crippen LogP contribution in [0.1, 0.15) is 22.8 Å². The Hall–Kier alpha value is -2.00. The van der Waals surface area contributed by atoms with Gasteiger partial charge < -0.3 is 9.64 Å². The van der Waals surface area contributed by atoms with Gasteiger partial charge in [-0.25, -0.2) is 0 Å².